The summed E-state index contributed by atoms with van der Waals surface area (Å²) in [4.78, 5) is 19.7. The molecule has 5 nitrogen and oxygen atoms in total. The van der Waals surface area contributed by atoms with Crippen LogP contribution in [0.5, 0.6) is 5.75 Å². The molecule has 0 saturated carbocycles. The van der Waals surface area contributed by atoms with Crippen molar-refractivity contribution in [2.24, 2.45) is 0 Å². The SMILES string of the molecule is Cc1cc(O)ccc1NC(=O)c1cccnc1N1c2ccccc2CC1C. The number of phenols is 1. The molecule has 1 aliphatic heterocycles. The topological polar surface area (TPSA) is 65.5 Å². The number of hydrogen-bond acceptors (Lipinski definition) is 4. The summed E-state index contributed by atoms with van der Waals surface area (Å²) in [5, 5.41) is 12.5. The number of phenolic OH excluding ortho intramolecular Hbond substituents is 1. The maximum Gasteiger partial charge on any atom is 0.259 e. The van der Waals surface area contributed by atoms with E-state index in [1.54, 1.807) is 36.5 Å². The number of rotatable bonds is 3. The van der Waals surface area contributed by atoms with Gasteiger partial charge in [0.1, 0.15) is 11.6 Å². The Morgan fingerprint density at radius 2 is 2.00 bits per heavy atom. The van der Waals surface area contributed by atoms with Crippen LogP contribution in [0.4, 0.5) is 17.2 Å². The number of hydrogen-bond donors (Lipinski definition) is 2. The number of nitrogens with one attached hydrogen (secondary N) is 1. The Kier molecular flexibility index (Phi) is 4.28. The Hall–Kier alpha value is -3.34. The number of carbonyl (C=O) groups is 1. The zero-order chi connectivity index (χ0) is 19.0. The van der Waals surface area contributed by atoms with Gasteiger partial charge >= 0.3 is 0 Å². The monoisotopic (exact) mass is 359 g/mol. The molecule has 1 aromatic heterocycles. The van der Waals surface area contributed by atoms with Crippen molar-refractivity contribution < 1.29 is 9.90 Å². The maximum absolute atomic E-state index is 13.0. The molecule has 0 bridgehead atoms. The highest BCUT2D eigenvalue weighted by molar-refractivity contribution is 6.08. The minimum absolute atomic E-state index is 0.176. The molecule has 136 valence electrons. The highest BCUT2D eigenvalue weighted by atomic mass is 16.3. The summed E-state index contributed by atoms with van der Waals surface area (Å²) >= 11 is 0. The molecule has 1 unspecified atom stereocenters. The molecule has 0 spiro atoms. The molecule has 1 aliphatic rings. The molecule has 5 heteroatoms. The molecule has 2 N–H and O–H groups in total. The second-order valence-corrected chi connectivity index (χ2v) is 6.88. The Balaban J connectivity index is 1.70. The van der Waals surface area contributed by atoms with E-state index in [-0.39, 0.29) is 17.7 Å². The van der Waals surface area contributed by atoms with Gasteiger partial charge in [-0.1, -0.05) is 18.2 Å². The maximum atomic E-state index is 13.0. The summed E-state index contributed by atoms with van der Waals surface area (Å²) in [6.45, 7) is 3.98. The molecule has 27 heavy (non-hydrogen) atoms. The molecule has 4 rings (SSSR count). The molecule has 0 fully saturated rings. The second kappa shape index (κ2) is 6.76. The van der Waals surface area contributed by atoms with Crippen LogP contribution in [0, 0.1) is 6.92 Å². The average molecular weight is 359 g/mol. The average Bonchev–Trinajstić information content (AvgIpc) is 2.99. The van der Waals surface area contributed by atoms with Crippen molar-refractivity contribution in [1.29, 1.82) is 0 Å². The number of anilines is 3. The predicted octanol–water partition coefficient (Wildman–Crippen LogP) is 4.43. The van der Waals surface area contributed by atoms with Gasteiger partial charge in [-0.15, -0.1) is 0 Å². The number of pyridine rings is 1. The third-order valence-corrected chi connectivity index (χ3v) is 4.92. The van der Waals surface area contributed by atoms with Crippen molar-refractivity contribution >= 4 is 23.1 Å². The number of para-hydroxylation sites is 1. The number of aryl methyl sites for hydroxylation is 1. The molecule has 0 saturated heterocycles. The first-order chi connectivity index (χ1) is 13.0. The van der Waals surface area contributed by atoms with Gasteiger partial charge in [0.25, 0.3) is 5.91 Å². The van der Waals surface area contributed by atoms with Crippen LogP contribution in [0.15, 0.2) is 60.8 Å². The summed E-state index contributed by atoms with van der Waals surface area (Å²) < 4.78 is 0. The summed E-state index contributed by atoms with van der Waals surface area (Å²) in [5.41, 5.74) is 4.35. The van der Waals surface area contributed by atoms with Gasteiger partial charge < -0.3 is 15.3 Å². The molecule has 0 aliphatic carbocycles. The van der Waals surface area contributed by atoms with E-state index in [0.29, 0.717) is 17.1 Å². The number of benzene rings is 2. The number of amides is 1. The fraction of sp³-hybridized carbons (Fsp3) is 0.182. The Morgan fingerprint density at radius 1 is 1.19 bits per heavy atom. The lowest BCUT2D eigenvalue weighted by molar-refractivity contribution is 0.102. The standard InChI is InChI=1S/C22H21N3O2/c1-14-12-17(26)9-10-19(14)24-22(27)18-7-5-11-23-21(18)25-15(2)13-16-6-3-4-8-20(16)25/h3-12,15,26H,13H2,1-2H3,(H,24,27). The van der Waals surface area contributed by atoms with Gasteiger partial charge in [0.2, 0.25) is 0 Å². The van der Waals surface area contributed by atoms with E-state index in [4.69, 9.17) is 0 Å². The lowest BCUT2D eigenvalue weighted by Crippen LogP contribution is -2.28. The number of aromatic nitrogens is 1. The number of nitrogens with zero attached hydrogens (tertiary/aromatic N) is 2. The third kappa shape index (κ3) is 3.12. The zero-order valence-corrected chi connectivity index (χ0v) is 15.3. The van der Waals surface area contributed by atoms with Crippen molar-refractivity contribution in [3.05, 3.63) is 77.5 Å². The number of aromatic hydroxyl groups is 1. The quantitative estimate of drug-likeness (QED) is 0.679. The smallest absolute Gasteiger partial charge is 0.259 e. The van der Waals surface area contributed by atoms with Crippen LogP contribution in [0.1, 0.15) is 28.4 Å². The molecule has 0 radical (unpaired) electrons. The van der Waals surface area contributed by atoms with E-state index in [0.717, 1.165) is 17.7 Å². The minimum Gasteiger partial charge on any atom is -0.508 e. The van der Waals surface area contributed by atoms with Crippen molar-refractivity contribution in [1.82, 2.24) is 4.98 Å². The normalized spacial score (nSPS) is 15.5. The highest BCUT2D eigenvalue weighted by Crippen LogP contribution is 2.38. The Labute approximate surface area is 158 Å². The van der Waals surface area contributed by atoms with E-state index in [2.05, 4.69) is 34.3 Å². The lowest BCUT2D eigenvalue weighted by atomic mass is 10.1. The van der Waals surface area contributed by atoms with Crippen LogP contribution in [0.3, 0.4) is 0 Å². The van der Waals surface area contributed by atoms with Crippen LogP contribution in [-0.4, -0.2) is 22.0 Å². The van der Waals surface area contributed by atoms with Crippen LogP contribution >= 0.6 is 0 Å². The summed E-state index contributed by atoms with van der Waals surface area (Å²) in [6.07, 6.45) is 2.64. The Bertz CT molecular complexity index is 1020. The van der Waals surface area contributed by atoms with Gasteiger partial charge in [0.05, 0.1) is 5.56 Å². The van der Waals surface area contributed by atoms with Crippen molar-refractivity contribution in [3.63, 3.8) is 0 Å². The zero-order valence-electron chi connectivity index (χ0n) is 15.3. The van der Waals surface area contributed by atoms with Gasteiger partial charge in [0.15, 0.2) is 0 Å². The minimum atomic E-state index is -0.219. The Morgan fingerprint density at radius 3 is 2.81 bits per heavy atom. The van der Waals surface area contributed by atoms with Gasteiger partial charge in [0, 0.05) is 23.6 Å². The largest absolute Gasteiger partial charge is 0.508 e. The molecule has 2 aromatic carbocycles. The molecule has 2 heterocycles. The number of carbonyl (C=O) groups excluding carboxylic acids is 1. The highest BCUT2D eigenvalue weighted by Gasteiger charge is 2.30. The molecule has 1 atom stereocenters. The van der Waals surface area contributed by atoms with E-state index in [9.17, 15) is 9.90 Å². The fourth-order valence-corrected chi connectivity index (χ4v) is 3.63. The summed E-state index contributed by atoms with van der Waals surface area (Å²) in [5.74, 6) is 0.613. The first-order valence-corrected chi connectivity index (χ1v) is 8.97. The summed E-state index contributed by atoms with van der Waals surface area (Å²) in [7, 11) is 0. The van der Waals surface area contributed by atoms with E-state index in [1.165, 1.54) is 5.56 Å². The predicted molar refractivity (Wildman–Crippen MR) is 107 cm³/mol. The molecule has 1 amide bonds. The van der Waals surface area contributed by atoms with Gasteiger partial charge in [-0.25, -0.2) is 4.98 Å². The van der Waals surface area contributed by atoms with Crippen LogP contribution < -0.4 is 10.2 Å². The third-order valence-electron chi connectivity index (χ3n) is 4.92. The van der Waals surface area contributed by atoms with Gasteiger partial charge in [-0.2, -0.15) is 0 Å². The van der Waals surface area contributed by atoms with Crippen LogP contribution in [-0.2, 0) is 6.42 Å². The van der Waals surface area contributed by atoms with Crippen LogP contribution in [0.25, 0.3) is 0 Å². The van der Waals surface area contributed by atoms with Crippen molar-refractivity contribution in [2.75, 3.05) is 10.2 Å². The first kappa shape index (κ1) is 17.1. The van der Waals surface area contributed by atoms with E-state index >= 15 is 0 Å². The summed E-state index contributed by atoms with van der Waals surface area (Å²) in [6, 6.07) is 16.9. The molecular formula is C22H21N3O2. The molecular weight excluding hydrogens is 338 g/mol. The molecule has 3 aromatic rings. The number of fused-ring (bicyclic) bond motifs is 1. The van der Waals surface area contributed by atoms with E-state index in [1.807, 2.05) is 19.1 Å². The second-order valence-electron chi connectivity index (χ2n) is 6.88. The van der Waals surface area contributed by atoms with Gasteiger partial charge in [-0.05, 0) is 67.8 Å². The van der Waals surface area contributed by atoms with Crippen LogP contribution in [0.2, 0.25) is 0 Å². The van der Waals surface area contributed by atoms with Crippen molar-refractivity contribution in [2.45, 2.75) is 26.3 Å². The fourth-order valence-electron chi connectivity index (χ4n) is 3.63. The van der Waals surface area contributed by atoms with E-state index < -0.39 is 0 Å². The van der Waals surface area contributed by atoms with Crippen molar-refractivity contribution in [3.8, 4) is 5.75 Å². The van der Waals surface area contributed by atoms with Gasteiger partial charge in [-0.3, -0.25) is 4.79 Å². The lowest BCUT2D eigenvalue weighted by Gasteiger charge is -2.25. The first-order valence-electron chi connectivity index (χ1n) is 8.97.